The predicted molar refractivity (Wildman–Crippen MR) is 114 cm³/mol. The molecule has 0 aliphatic heterocycles. The lowest BCUT2D eigenvalue weighted by Gasteiger charge is -2.14. The normalized spacial score (nSPS) is 15.7. The number of nitrogens with two attached hydrogens (primary N) is 2. The Labute approximate surface area is 170 Å². The number of nitrogens with zero attached hydrogens (tertiary/aromatic N) is 2. The predicted octanol–water partition coefficient (Wildman–Crippen LogP) is 2.95. The largest absolute Gasteiger partial charge is 0.330 e. The molecule has 1 atom stereocenters. The zero-order valence-electron chi connectivity index (χ0n) is 16.8. The van der Waals surface area contributed by atoms with Crippen molar-refractivity contribution < 1.29 is 8.42 Å². The lowest BCUT2D eigenvalue weighted by atomic mass is 9.97. The third kappa shape index (κ3) is 3.80. The molecule has 7 nitrogen and oxygen atoms in total. The number of hydrogen-bond acceptors (Lipinski definition) is 6. The molecule has 4 rings (SSSR count). The Bertz CT molecular complexity index is 1170. The smallest absolute Gasteiger partial charge is 0.175 e. The molecule has 0 saturated heterocycles. The summed E-state index contributed by atoms with van der Waals surface area (Å²) in [6.07, 6.45) is 6.91. The summed E-state index contributed by atoms with van der Waals surface area (Å²) in [5.74, 6) is 0.441. The molecular formula is C21H27N5O2S. The Kier molecular flexibility index (Phi) is 5.18. The van der Waals surface area contributed by atoms with Crippen molar-refractivity contribution in [2.45, 2.75) is 49.5 Å². The molecule has 5 N–H and O–H groups in total. The molecule has 2 aromatic heterocycles. The highest BCUT2D eigenvalue weighted by Crippen LogP contribution is 2.45. The first-order chi connectivity index (χ1) is 13.8. The van der Waals surface area contributed by atoms with Crippen LogP contribution in [0.1, 0.15) is 54.5 Å². The Morgan fingerprint density at radius 1 is 1.31 bits per heavy atom. The van der Waals surface area contributed by atoms with E-state index in [4.69, 9.17) is 16.5 Å². The molecule has 29 heavy (non-hydrogen) atoms. The van der Waals surface area contributed by atoms with Gasteiger partial charge in [0.05, 0.1) is 21.8 Å². The topological polar surface area (TPSA) is 128 Å². The fourth-order valence-electron chi connectivity index (χ4n) is 3.93. The maximum Gasteiger partial charge on any atom is 0.175 e. The molecule has 2 heterocycles. The molecule has 0 spiro atoms. The van der Waals surface area contributed by atoms with Gasteiger partial charge in [-0.2, -0.15) is 5.10 Å². The van der Waals surface area contributed by atoms with E-state index in [9.17, 15) is 8.42 Å². The summed E-state index contributed by atoms with van der Waals surface area (Å²) < 4.78 is 24.0. The highest BCUT2D eigenvalue weighted by molar-refractivity contribution is 7.90. The van der Waals surface area contributed by atoms with Crippen LogP contribution in [-0.4, -0.2) is 36.4 Å². The number of H-pyrrole nitrogens is 1. The molecule has 0 amide bonds. The molecule has 154 valence electrons. The Balaban J connectivity index is 1.87. The van der Waals surface area contributed by atoms with Crippen LogP contribution in [0.3, 0.4) is 0 Å². The number of hydrogen-bond donors (Lipinski definition) is 3. The van der Waals surface area contributed by atoms with Crippen LogP contribution < -0.4 is 11.5 Å². The van der Waals surface area contributed by atoms with Gasteiger partial charge in [0.2, 0.25) is 0 Å². The Hall–Kier alpha value is -2.29. The van der Waals surface area contributed by atoms with Gasteiger partial charge in [-0.05, 0) is 56.8 Å². The van der Waals surface area contributed by atoms with Gasteiger partial charge < -0.3 is 11.5 Å². The van der Waals surface area contributed by atoms with E-state index < -0.39 is 9.84 Å². The second kappa shape index (κ2) is 7.51. The van der Waals surface area contributed by atoms with Crippen LogP contribution in [-0.2, 0) is 9.84 Å². The number of aromatic amines is 1. The fraction of sp³-hybridized carbons (Fsp3) is 0.429. The zero-order valence-corrected chi connectivity index (χ0v) is 17.6. The number of sulfone groups is 1. The van der Waals surface area contributed by atoms with E-state index in [1.807, 2.05) is 25.3 Å². The molecule has 1 aliphatic carbocycles. The average molecular weight is 414 g/mol. The molecule has 0 bridgehead atoms. The van der Waals surface area contributed by atoms with E-state index in [-0.39, 0.29) is 6.04 Å². The van der Waals surface area contributed by atoms with Crippen LogP contribution in [0.4, 0.5) is 0 Å². The van der Waals surface area contributed by atoms with Crippen LogP contribution in [0.15, 0.2) is 29.3 Å². The molecule has 1 saturated carbocycles. The van der Waals surface area contributed by atoms with Gasteiger partial charge in [-0.15, -0.1) is 0 Å². The lowest BCUT2D eigenvalue weighted by Crippen LogP contribution is -2.13. The SMILES string of the molecule is Cc1cc(-c2ncc(C(N)CCCN)c3[nH]nc(C4CC4)c23)ccc1S(C)(=O)=O. The quantitative estimate of drug-likeness (QED) is 0.546. The molecule has 1 unspecified atom stereocenters. The zero-order chi connectivity index (χ0) is 20.8. The van der Waals surface area contributed by atoms with Gasteiger partial charge in [0.15, 0.2) is 9.84 Å². The first-order valence-electron chi connectivity index (χ1n) is 9.95. The van der Waals surface area contributed by atoms with Gasteiger partial charge >= 0.3 is 0 Å². The van der Waals surface area contributed by atoms with Gasteiger partial charge in [0.25, 0.3) is 0 Å². The van der Waals surface area contributed by atoms with Crippen molar-refractivity contribution in [3.8, 4) is 11.3 Å². The van der Waals surface area contributed by atoms with Crippen molar-refractivity contribution in [2.75, 3.05) is 12.8 Å². The summed E-state index contributed by atoms with van der Waals surface area (Å²) in [5, 5.41) is 8.80. The molecule has 8 heteroatoms. The summed E-state index contributed by atoms with van der Waals surface area (Å²) in [6.45, 7) is 2.41. The van der Waals surface area contributed by atoms with Gasteiger partial charge in [-0.25, -0.2) is 8.42 Å². The summed E-state index contributed by atoms with van der Waals surface area (Å²) in [6, 6.07) is 5.20. The highest BCUT2D eigenvalue weighted by atomic mass is 32.2. The minimum absolute atomic E-state index is 0.163. The number of rotatable bonds is 7. The summed E-state index contributed by atoms with van der Waals surface area (Å²) in [7, 11) is -3.27. The van der Waals surface area contributed by atoms with E-state index >= 15 is 0 Å². The van der Waals surface area contributed by atoms with E-state index in [2.05, 4.69) is 10.2 Å². The van der Waals surface area contributed by atoms with Crippen LogP contribution in [0.2, 0.25) is 0 Å². The fourth-order valence-corrected chi connectivity index (χ4v) is 4.89. The number of aromatic nitrogens is 3. The molecule has 3 aromatic rings. The Morgan fingerprint density at radius 3 is 2.69 bits per heavy atom. The second-order valence-electron chi connectivity index (χ2n) is 7.99. The van der Waals surface area contributed by atoms with E-state index in [0.717, 1.165) is 59.1 Å². The van der Waals surface area contributed by atoms with Crippen molar-refractivity contribution in [1.29, 1.82) is 0 Å². The Morgan fingerprint density at radius 2 is 2.07 bits per heavy atom. The van der Waals surface area contributed by atoms with E-state index in [0.29, 0.717) is 22.9 Å². The molecular weight excluding hydrogens is 386 g/mol. The van der Waals surface area contributed by atoms with Gasteiger partial charge in [-0.3, -0.25) is 10.1 Å². The van der Waals surface area contributed by atoms with Crippen molar-refractivity contribution in [3.63, 3.8) is 0 Å². The van der Waals surface area contributed by atoms with Crippen LogP contribution in [0.25, 0.3) is 22.2 Å². The first kappa shape index (κ1) is 20.0. The number of benzene rings is 1. The third-order valence-corrected chi connectivity index (χ3v) is 6.84. The average Bonchev–Trinajstić information content (AvgIpc) is 3.42. The van der Waals surface area contributed by atoms with Crippen LogP contribution in [0, 0.1) is 6.92 Å². The second-order valence-corrected chi connectivity index (χ2v) is 9.97. The number of fused-ring (bicyclic) bond motifs is 1. The summed E-state index contributed by atoms with van der Waals surface area (Å²) in [5.41, 5.74) is 17.4. The van der Waals surface area contributed by atoms with Crippen molar-refractivity contribution in [3.05, 3.63) is 41.2 Å². The van der Waals surface area contributed by atoms with Gasteiger partial charge in [0, 0.05) is 40.9 Å². The standard InChI is InChI=1S/C21H27N5O2S/c1-12-10-14(7-8-17(12)29(2,27)28)19-18-20(13-5-6-13)25-26-21(18)15(11-24-19)16(23)4-3-9-22/h7-8,10-11,13,16H,3-6,9,22-23H2,1-2H3,(H,25,26). The molecule has 1 aliphatic rings. The lowest BCUT2D eigenvalue weighted by molar-refractivity contribution is 0.601. The number of pyridine rings is 1. The van der Waals surface area contributed by atoms with E-state index in [1.165, 1.54) is 6.26 Å². The highest BCUT2D eigenvalue weighted by Gasteiger charge is 2.31. The van der Waals surface area contributed by atoms with Crippen LogP contribution in [0.5, 0.6) is 0 Å². The number of aryl methyl sites for hydroxylation is 1. The minimum Gasteiger partial charge on any atom is -0.330 e. The minimum atomic E-state index is -3.27. The van der Waals surface area contributed by atoms with Crippen molar-refractivity contribution in [1.82, 2.24) is 15.2 Å². The van der Waals surface area contributed by atoms with Gasteiger partial charge in [-0.1, -0.05) is 6.07 Å². The van der Waals surface area contributed by atoms with Crippen molar-refractivity contribution in [2.24, 2.45) is 11.5 Å². The first-order valence-corrected chi connectivity index (χ1v) is 11.8. The molecule has 1 aromatic carbocycles. The molecule has 1 fully saturated rings. The third-order valence-electron chi connectivity index (χ3n) is 5.58. The molecule has 0 radical (unpaired) electrons. The number of nitrogens with one attached hydrogen (secondary N) is 1. The maximum absolute atomic E-state index is 12.0. The van der Waals surface area contributed by atoms with E-state index in [1.54, 1.807) is 6.07 Å². The maximum atomic E-state index is 12.0. The monoisotopic (exact) mass is 413 g/mol. The summed E-state index contributed by atoms with van der Waals surface area (Å²) in [4.78, 5) is 5.10. The van der Waals surface area contributed by atoms with Crippen molar-refractivity contribution >= 4 is 20.7 Å². The van der Waals surface area contributed by atoms with Crippen LogP contribution >= 0.6 is 0 Å². The summed E-state index contributed by atoms with van der Waals surface area (Å²) >= 11 is 0. The van der Waals surface area contributed by atoms with Gasteiger partial charge in [0.1, 0.15) is 0 Å².